The SMILES string of the molecule is Cc1nc(-c2cccc(N3Cc4ccc(F)cc4C3=O)c2C)c2c([nH]c3cc(C(=O)O)ccc32)c1C(N)=O. The highest BCUT2D eigenvalue weighted by molar-refractivity contribution is 6.20. The summed E-state index contributed by atoms with van der Waals surface area (Å²) in [5.41, 5.74) is 11.2. The van der Waals surface area contributed by atoms with Crippen LogP contribution in [0.3, 0.4) is 0 Å². The van der Waals surface area contributed by atoms with Gasteiger partial charge in [0.1, 0.15) is 5.82 Å². The van der Waals surface area contributed by atoms with Gasteiger partial charge in [-0.2, -0.15) is 0 Å². The number of aromatic nitrogens is 2. The molecule has 5 aromatic rings. The second-order valence-corrected chi connectivity index (χ2v) is 9.37. The van der Waals surface area contributed by atoms with Crippen LogP contribution in [0, 0.1) is 19.7 Å². The Morgan fingerprint density at radius 2 is 1.87 bits per heavy atom. The van der Waals surface area contributed by atoms with Crippen molar-refractivity contribution in [3.05, 3.63) is 93.9 Å². The van der Waals surface area contributed by atoms with Gasteiger partial charge >= 0.3 is 5.97 Å². The fourth-order valence-electron chi connectivity index (χ4n) is 5.36. The lowest BCUT2D eigenvalue weighted by molar-refractivity contribution is 0.0696. The molecule has 3 heterocycles. The van der Waals surface area contributed by atoms with Crippen LogP contribution in [-0.4, -0.2) is 32.9 Å². The van der Waals surface area contributed by atoms with Crippen LogP contribution in [-0.2, 0) is 6.54 Å². The van der Waals surface area contributed by atoms with Gasteiger partial charge in [0.05, 0.1) is 34.6 Å². The molecule has 1 aliphatic heterocycles. The molecule has 0 atom stereocenters. The standard InChI is InChI=1S/C29H21FN4O4/c1-13-18(4-3-5-22(13)34-12-16-6-8-17(30)11-20(16)28(34)36)25-24-19-9-7-15(29(37)38)10-21(19)33-26(24)23(27(31)35)14(2)32-25/h3-11,33H,12H2,1-2H3,(H2,31,35)(H,37,38). The van der Waals surface area contributed by atoms with E-state index < -0.39 is 17.7 Å². The van der Waals surface area contributed by atoms with Crippen LogP contribution >= 0.6 is 0 Å². The number of nitrogens with one attached hydrogen (secondary N) is 1. The Balaban J connectivity index is 1.59. The number of nitrogens with two attached hydrogens (primary N) is 1. The van der Waals surface area contributed by atoms with Gasteiger partial charge in [-0.25, -0.2) is 9.18 Å². The molecule has 0 radical (unpaired) electrons. The first kappa shape index (κ1) is 23.4. The predicted molar refractivity (Wildman–Crippen MR) is 141 cm³/mol. The van der Waals surface area contributed by atoms with Gasteiger partial charge in [0.2, 0.25) is 0 Å². The van der Waals surface area contributed by atoms with Crippen molar-refractivity contribution in [2.24, 2.45) is 5.73 Å². The van der Waals surface area contributed by atoms with Crippen LogP contribution in [0.2, 0.25) is 0 Å². The second kappa shape index (κ2) is 8.24. The maximum atomic E-state index is 13.8. The first-order valence-corrected chi connectivity index (χ1v) is 11.8. The molecule has 0 saturated heterocycles. The number of rotatable bonds is 4. The molecule has 6 rings (SSSR count). The van der Waals surface area contributed by atoms with E-state index in [0.29, 0.717) is 51.0 Å². The number of pyridine rings is 1. The highest BCUT2D eigenvalue weighted by atomic mass is 19.1. The summed E-state index contributed by atoms with van der Waals surface area (Å²) in [5, 5.41) is 10.8. The van der Waals surface area contributed by atoms with Crippen molar-refractivity contribution >= 4 is 45.3 Å². The number of aromatic carboxylic acids is 1. The minimum atomic E-state index is -1.07. The summed E-state index contributed by atoms with van der Waals surface area (Å²) in [7, 11) is 0. The van der Waals surface area contributed by atoms with Gasteiger partial charge in [0.15, 0.2) is 0 Å². The lowest BCUT2D eigenvalue weighted by atomic mass is 9.96. The fraction of sp³-hybridized carbons (Fsp3) is 0.103. The molecule has 8 nitrogen and oxygen atoms in total. The molecule has 2 amide bonds. The number of carboxylic acid groups (broad SMARTS) is 1. The largest absolute Gasteiger partial charge is 0.478 e. The molecule has 3 aromatic carbocycles. The van der Waals surface area contributed by atoms with Crippen molar-refractivity contribution in [2.45, 2.75) is 20.4 Å². The Kier molecular flexibility index (Phi) is 5.06. The van der Waals surface area contributed by atoms with E-state index >= 15 is 0 Å². The van der Waals surface area contributed by atoms with Crippen LogP contribution in [0.4, 0.5) is 10.1 Å². The highest BCUT2D eigenvalue weighted by Gasteiger charge is 2.31. The zero-order valence-corrected chi connectivity index (χ0v) is 20.4. The molecule has 0 saturated carbocycles. The smallest absolute Gasteiger partial charge is 0.335 e. The quantitative estimate of drug-likeness (QED) is 0.311. The van der Waals surface area contributed by atoms with Crippen LogP contribution < -0.4 is 10.6 Å². The average Bonchev–Trinajstić information content (AvgIpc) is 3.40. The number of anilines is 1. The zero-order valence-electron chi connectivity index (χ0n) is 20.4. The zero-order chi connectivity index (χ0) is 26.9. The van der Waals surface area contributed by atoms with Gasteiger partial charge in [-0.05, 0) is 55.3 Å². The number of aromatic amines is 1. The number of halogens is 1. The van der Waals surface area contributed by atoms with E-state index in [4.69, 9.17) is 10.7 Å². The first-order chi connectivity index (χ1) is 18.2. The van der Waals surface area contributed by atoms with Gasteiger partial charge in [-0.3, -0.25) is 14.6 Å². The third-order valence-electron chi connectivity index (χ3n) is 7.15. The third kappa shape index (κ3) is 3.36. The molecule has 2 aromatic heterocycles. The molecule has 9 heteroatoms. The van der Waals surface area contributed by atoms with Crippen molar-refractivity contribution in [1.82, 2.24) is 9.97 Å². The summed E-state index contributed by atoms with van der Waals surface area (Å²) < 4.78 is 13.8. The molecule has 0 bridgehead atoms. The molecule has 38 heavy (non-hydrogen) atoms. The van der Waals surface area contributed by atoms with E-state index in [2.05, 4.69) is 4.98 Å². The average molecular weight is 509 g/mol. The number of fused-ring (bicyclic) bond motifs is 4. The normalized spacial score (nSPS) is 12.9. The summed E-state index contributed by atoms with van der Waals surface area (Å²) in [6.45, 7) is 3.88. The molecular weight excluding hydrogens is 487 g/mol. The monoisotopic (exact) mass is 508 g/mol. The number of amides is 2. The van der Waals surface area contributed by atoms with Crippen LogP contribution in [0.5, 0.6) is 0 Å². The molecule has 4 N–H and O–H groups in total. The van der Waals surface area contributed by atoms with Crippen molar-refractivity contribution in [2.75, 3.05) is 4.90 Å². The summed E-state index contributed by atoms with van der Waals surface area (Å²) >= 11 is 0. The van der Waals surface area contributed by atoms with E-state index in [0.717, 1.165) is 16.7 Å². The Hall–Kier alpha value is -5.05. The van der Waals surface area contributed by atoms with Crippen molar-refractivity contribution in [3.63, 3.8) is 0 Å². The number of carbonyl (C=O) groups excluding carboxylic acids is 2. The number of nitrogens with zero attached hydrogens (tertiary/aromatic N) is 2. The summed E-state index contributed by atoms with van der Waals surface area (Å²) in [4.78, 5) is 46.7. The lowest BCUT2D eigenvalue weighted by Gasteiger charge is -2.21. The Labute approximate surface area is 215 Å². The van der Waals surface area contributed by atoms with E-state index in [-0.39, 0.29) is 17.0 Å². The molecular formula is C29H21FN4O4. The first-order valence-electron chi connectivity index (χ1n) is 11.8. The van der Waals surface area contributed by atoms with Crippen LogP contribution in [0.15, 0.2) is 54.6 Å². The minimum absolute atomic E-state index is 0.0950. The van der Waals surface area contributed by atoms with Crippen molar-refractivity contribution < 1.29 is 23.9 Å². The van der Waals surface area contributed by atoms with E-state index in [1.165, 1.54) is 24.3 Å². The van der Waals surface area contributed by atoms with Gasteiger partial charge in [-0.15, -0.1) is 0 Å². The summed E-state index contributed by atoms with van der Waals surface area (Å²) in [6, 6.07) is 14.4. The van der Waals surface area contributed by atoms with Gasteiger partial charge in [0, 0.05) is 33.1 Å². The number of carbonyl (C=O) groups is 3. The number of benzene rings is 3. The number of hydrogen-bond donors (Lipinski definition) is 3. The van der Waals surface area contributed by atoms with Crippen molar-refractivity contribution in [3.8, 4) is 11.3 Å². The fourth-order valence-corrected chi connectivity index (χ4v) is 5.36. The number of aryl methyl sites for hydroxylation is 1. The van der Waals surface area contributed by atoms with E-state index in [1.807, 2.05) is 25.1 Å². The molecule has 188 valence electrons. The molecule has 0 spiro atoms. The predicted octanol–water partition coefficient (Wildman–Crippen LogP) is 5.10. The Bertz CT molecular complexity index is 1870. The Morgan fingerprint density at radius 3 is 2.61 bits per heavy atom. The molecule has 1 aliphatic rings. The van der Waals surface area contributed by atoms with Gasteiger partial charge < -0.3 is 20.7 Å². The number of hydrogen-bond acceptors (Lipinski definition) is 4. The second-order valence-electron chi connectivity index (χ2n) is 9.37. The lowest BCUT2D eigenvalue weighted by Crippen LogP contribution is -2.24. The van der Waals surface area contributed by atoms with Gasteiger partial charge in [0.25, 0.3) is 11.8 Å². The highest BCUT2D eigenvalue weighted by Crippen LogP contribution is 2.40. The van der Waals surface area contributed by atoms with E-state index in [9.17, 15) is 23.9 Å². The number of primary amides is 1. The summed E-state index contributed by atoms with van der Waals surface area (Å²) in [5.74, 6) is -2.48. The summed E-state index contributed by atoms with van der Waals surface area (Å²) in [6.07, 6.45) is 0. The molecule has 0 fully saturated rings. The van der Waals surface area contributed by atoms with Gasteiger partial charge in [-0.1, -0.05) is 24.3 Å². The minimum Gasteiger partial charge on any atom is -0.478 e. The Morgan fingerprint density at radius 1 is 1.08 bits per heavy atom. The number of carboxylic acids is 1. The molecule has 0 unspecified atom stereocenters. The van der Waals surface area contributed by atoms with E-state index in [1.54, 1.807) is 24.0 Å². The number of H-pyrrole nitrogens is 1. The van der Waals surface area contributed by atoms with Crippen LogP contribution in [0.1, 0.15) is 47.9 Å². The topological polar surface area (TPSA) is 129 Å². The molecule has 0 aliphatic carbocycles. The van der Waals surface area contributed by atoms with Crippen LogP contribution in [0.25, 0.3) is 33.1 Å². The van der Waals surface area contributed by atoms with Crippen molar-refractivity contribution in [1.29, 1.82) is 0 Å². The third-order valence-corrected chi connectivity index (χ3v) is 7.15. The maximum absolute atomic E-state index is 13.8. The maximum Gasteiger partial charge on any atom is 0.335 e.